The molecule has 0 heteroatoms. The number of hydrogen-bond acceptors (Lipinski definition) is 0. The van der Waals surface area contributed by atoms with E-state index in [1.165, 1.54) is 32.1 Å². The van der Waals surface area contributed by atoms with Gasteiger partial charge >= 0.3 is 0 Å². The van der Waals surface area contributed by atoms with Crippen LogP contribution in [-0.2, 0) is 0 Å². The molecule has 0 rings (SSSR count). The lowest BCUT2D eigenvalue weighted by atomic mass is 9.64. The Hall–Kier alpha value is -0.520. The zero-order chi connectivity index (χ0) is 19.0. The van der Waals surface area contributed by atoms with Gasteiger partial charge in [0.1, 0.15) is 0 Å². The molecule has 5 atom stereocenters. The zero-order valence-electron chi connectivity index (χ0n) is 18.3. The van der Waals surface area contributed by atoms with E-state index in [1.54, 1.807) is 0 Å². The minimum absolute atomic E-state index is 0.312. The quantitative estimate of drug-likeness (QED) is 0.315. The second-order valence-corrected chi connectivity index (χ2v) is 9.03. The van der Waals surface area contributed by atoms with Crippen LogP contribution >= 0.6 is 0 Å². The first-order chi connectivity index (χ1) is 11.1. The summed E-state index contributed by atoms with van der Waals surface area (Å²) in [5.74, 6) is 2.82. The summed E-state index contributed by atoms with van der Waals surface area (Å²) in [6.07, 6.45) is 13.3. The van der Waals surface area contributed by atoms with Gasteiger partial charge in [-0.15, -0.1) is 6.58 Å². The van der Waals surface area contributed by atoms with Crippen molar-refractivity contribution < 1.29 is 0 Å². The van der Waals surface area contributed by atoms with Crippen LogP contribution in [0.1, 0.15) is 94.4 Å². The predicted molar refractivity (Wildman–Crippen MR) is 112 cm³/mol. The van der Waals surface area contributed by atoms with Crippen LogP contribution in [0.4, 0.5) is 0 Å². The van der Waals surface area contributed by atoms with Crippen molar-refractivity contribution in [1.82, 2.24) is 0 Å². The van der Waals surface area contributed by atoms with E-state index in [4.69, 9.17) is 0 Å². The van der Waals surface area contributed by atoms with Crippen LogP contribution in [-0.4, -0.2) is 0 Å². The largest absolute Gasteiger partial charge is 0.103 e. The number of rotatable bonds is 12. The van der Waals surface area contributed by atoms with Crippen molar-refractivity contribution in [2.75, 3.05) is 0 Å². The van der Waals surface area contributed by atoms with Crippen molar-refractivity contribution in [3.05, 3.63) is 24.8 Å². The maximum Gasteiger partial charge on any atom is -0.0149 e. The van der Waals surface area contributed by atoms with Gasteiger partial charge in [0.05, 0.1) is 0 Å². The van der Waals surface area contributed by atoms with Gasteiger partial charge in [-0.3, -0.25) is 0 Å². The third-order valence-corrected chi connectivity index (χ3v) is 7.38. The lowest BCUT2D eigenvalue weighted by molar-refractivity contribution is 0.0951. The summed E-state index contributed by atoms with van der Waals surface area (Å²) >= 11 is 0. The van der Waals surface area contributed by atoms with Crippen molar-refractivity contribution >= 4 is 0 Å². The van der Waals surface area contributed by atoms with Crippen molar-refractivity contribution in [3.63, 3.8) is 0 Å². The van der Waals surface area contributed by atoms with Gasteiger partial charge in [-0.1, -0.05) is 99.8 Å². The first kappa shape index (κ1) is 23.5. The Morgan fingerprint density at radius 3 is 1.96 bits per heavy atom. The molecule has 0 heterocycles. The van der Waals surface area contributed by atoms with Gasteiger partial charge in [-0.05, 0) is 47.3 Å². The van der Waals surface area contributed by atoms with Gasteiger partial charge in [0.25, 0.3) is 0 Å². The lowest BCUT2D eigenvalue weighted by Gasteiger charge is -2.41. The fraction of sp³-hybridized carbons (Fsp3) is 0.833. The first-order valence-electron chi connectivity index (χ1n) is 10.4. The van der Waals surface area contributed by atoms with Gasteiger partial charge in [-0.2, -0.15) is 0 Å². The minimum Gasteiger partial charge on any atom is -0.103 e. The van der Waals surface area contributed by atoms with E-state index in [0.717, 1.165) is 17.8 Å². The van der Waals surface area contributed by atoms with Gasteiger partial charge < -0.3 is 0 Å². The topological polar surface area (TPSA) is 0 Å². The summed E-state index contributed by atoms with van der Waals surface area (Å²) < 4.78 is 0. The Bertz CT molecular complexity index is 375. The predicted octanol–water partition coefficient (Wildman–Crippen LogP) is 8.30. The highest BCUT2D eigenvalue weighted by Crippen LogP contribution is 2.44. The molecule has 0 radical (unpaired) electrons. The normalized spacial score (nSPS) is 20.4. The summed E-state index contributed by atoms with van der Waals surface area (Å²) in [4.78, 5) is 0. The van der Waals surface area contributed by atoms with E-state index in [2.05, 4.69) is 87.1 Å². The number of allylic oxidation sites excluding steroid dienone is 3. The molecule has 24 heavy (non-hydrogen) atoms. The van der Waals surface area contributed by atoms with E-state index in [9.17, 15) is 0 Å². The van der Waals surface area contributed by atoms with Crippen molar-refractivity contribution in [3.8, 4) is 0 Å². The Balaban J connectivity index is 4.92. The molecule has 0 fully saturated rings. The Morgan fingerprint density at radius 1 is 0.958 bits per heavy atom. The second kappa shape index (κ2) is 10.5. The van der Waals surface area contributed by atoms with Gasteiger partial charge in [-0.25, -0.2) is 0 Å². The van der Waals surface area contributed by atoms with Crippen LogP contribution in [0.15, 0.2) is 24.8 Å². The molecule has 5 unspecified atom stereocenters. The van der Waals surface area contributed by atoms with E-state index < -0.39 is 0 Å². The molecule has 0 aliphatic rings. The van der Waals surface area contributed by atoms with Gasteiger partial charge in [0, 0.05) is 0 Å². The second-order valence-electron chi connectivity index (χ2n) is 9.03. The van der Waals surface area contributed by atoms with Gasteiger partial charge in [0.2, 0.25) is 0 Å². The fourth-order valence-electron chi connectivity index (χ4n) is 4.09. The molecule has 0 bridgehead atoms. The monoisotopic (exact) mass is 334 g/mol. The van der Waals surface area contributed by atoms with Crippen LogP contribution in [0.5, 0.6) is 0 Å². The molecular formula is C24H46. The van der Waals surface area contributed by atoms with Crippen LogP contribution < -0.4 is 0 Å². The molecule has 142 valence electrons. The standard InChI is InChI=1S/C24H46/c1-11-19(5)22(13-3)21(7)24(10,14-4)18-16-15-17-23(8,9)20(6)12-2/h11,15,17,19-22H,1,12-14,16,18H2,2-10H3. The fourth-order valence-corrected chi connectivity index (χ4v) is 4.09. The molecule has 0 N–H and O–H groups in total. The molecule has 0 saturated carbocycles. The Kier molecular flexibility index (Phi) is 10.2. The highest BCUT2D eigenvalue weighted by Gasteiger charge is 2.35. The zero-order valence-corrected chi connectivity index (χ0v) is 18.3. The first-order valence-corrected chi connectivity index (χ1v) is 10.4. The number of hydrogen-bond donors (Lipinski definition) is 0. The van der Waals surface area contributed by atoms with Crippen LogP contribution in [0.2, 0.25) is 0 Å². The molecule has 0 aromatic heterocycles. The third kappa shape index (κ3) is 6.41. The molecule has 0 nitrogen and oxygen atoms in total. The maximum absolute atomic E-state index is 4.04. The average molecular weight is 335 g/mol. The lowest BCUT2D eigenvalue weighted by Crippen LogP contribution is -2.33. The summed E-state index contributed by atoms with van der Waals surface area (Å²) in [6.45, 7) is 25.5. The van der Waals surface area contributed by atoms with Crippen molar-refractivity contribution in [2.24, 2.45) is 34.5 Å². The van der Waals surface area contributed by atoms with E-state index in [-0.39, 0.29) is 0 Å². The molecule has 0 aromatic carbocycles. The van der Waals surface area contributed by atoms with Crippen LogP contribution in [0.3, 0.4) is 0 Å². The third-order valence-electron chi connectivity index (χ3n) is 7.38. The van der Waals surface area contributed by atoms with Gasteiger partial charge in [0.15, 0.2) is 0 Å². The Labute approximate surface area is 154 Å². The average Bonchev–Trinajstić information content (AvgIpc) is 2.57. The van der Waals surface area contributed by atoms with Crippen molar-refractivity contribution in [1.29, 1.82) is 0 Å². The molecule has 0 aromatic rings. The molecule has 0 amide bonds. The molecule has 0 aliphatic carbocycles. The Morgan fingerprint density at radius 2 is 1.54 bits per heavy atom. The highest BCUT2D eigenvalue weighted by molar-refractivity contribution is 4.98. The maximum atomic E-state index is 4.04. The summed E-state index contributed by atoms with van der Waals surface area (Å²) in [7, 11) is 0. The van der Waals surface area contributed by atoms with Crippen LogP contribution in [0.25, 0.3) is 0 Å². The summed E-state index contributed by atoms with van der Waals surface area (Å²) in [5, 5.41) is 0. The molecular weight excluding hydrogens is 288 g/mol. The minimum atomic E-state index is 0.312. The SMILES string of the molecule is C=CC(C)C(CC)C(C)C(C)(CC)CCC=CC(C)(C)C(C)CC. The molecule has 0 aliphatic heterocycles. The molecule has 0 saturated heterocycles. The summed E-state index contributed by atoms with van der Waals surface area (Å²) in [6, 6.07) is 0. The van der Waals surface area contributed by atoms with E-state index >= 15 is 0 Å². The molecule has 0 spiro atoms. The van der Waals surface area contributed by atoms with E-state index in [1.807, 2.05) is 0 Å². The van der Waals surface area contributed by atoms with Crippen LogP contribution in [0, 0.1) is 34.5 Å². The smallest absolute Gasteiger partial charge is 0.0149 e. The van der Waals surface area contributed by atoms with Crippen molar-refractivity contribution in [2.45, 2.75) is 94.4 Å². The summed E-state index contributed by atoms with van der Waals surface area (Å²) in [5.41, 5.74) is 0.731. The van der Waals surface area contributed by atoms with E-state index in [0.29, 0.717) is 16.7 Å². The highest BCUT2D eigenvalue weighted by atomic mass is 14.4.